The molecule has 0 heterocycles. The van der Waals surface area contributed by atoms with Crippen LogP contribution in [0.5, 0.6) is 11.5 Å². The van der Waals surface area contributed by atoms with E-state index in [1.165, 1.54) is 0 Å². The van der Waals surface area contributed by atoms with Crippen molar-refractivity contribution in [1.82, 2.24) is 0 Å². The second kappa shape index (κ2) is 7.58. The second-order valence-corrected chi connectivity index (χ2v) is 4.71. The van der Waals surface area contributed by atoms with E-state index in [9.17, 15) is 0 Å². The summed E-state index contributed by atoms with van der Waals surface area (Å²) in [5.41, 5.74) is 7.15. The summed E-state index contributed by atoms with van der Waals surface area (Å²) in [6.45, 7) is 0.740. The largest absolute Gasteiger partial charge is 0.496 e. The molecular weight excluding hydrogens is 286 g/mol. The number of hydrogen-bond donors (Lipinski definition) is 1. The molecule has 0 amide bonds. The summed E-state index contributed by atoms with van der Waals surface area (Å²) < 4.78 is 11.0. The summed E-state index contributed by atoms with van der Waals surface area (Å²) in [4.78, 5) is 0. The van der Waals surface area contributed by atoms with Gasteiger partial charge in [-0.2, -0.15) is 0 Å². The standard InChI is InChI=1S/C17H16ClNO2/c1-20-17-9-6-15(18)11-14(17)12-21-16-7-4-13(5-8-16)3-2-10-19/h4-9,11H,10,12,19H2,1H3. The monoisotopic (exact) mass is 301 g/mol. The van der Waals surface area contributed by atoms with Crippen LogP contribution in [0.4, 0.5) is 0 Å². The summed E-state index contributed by atoms with van der Waals surface area (Å²) in [6, 6.07) is 13.0. The normalized spacial score (nSPS) is 9.67. The van der Waals surface area contributed by atoms with Crippen molar-refractivity contribution in [3.05, 3.63) is 58.6 Å². The smallest absolute Gasteiger partial charge is 0.125 e. The van der Waals surface area contributed by atoms with Gasteiger partial charge in [-0.1, -0.05) is 23.4 Å². The van der Waals surface area contributed by atoms with E-state index in [0.717, 1.165) is 22.6 Å². The molecule has 21 heavy (non-hydrogen) atoms. The Morgan fingerprint density at radius 1 is 1.14 bits per heavy atom. The Morgan fingerprint density at radius 2 is 1.90 bits per heavy atom. The van der Waals surface area contributed by atoms with Gasteiger partial charge >= 0.3 is 0 Å². The summed E-state index contributed by atoms with van der Waals surface area (Å²) >= 11 is 5.99. The fourth-order valence-electron chi connectivity index (χ4n) is 1.81. The average Bonchev–Trinajstić information content (AvgIpc) is 2.52. The van der Waals surface area contributed by atoms with E-state index < -0.39 is 0 Å². The van der Waals surface area contributed by atoms with Gasteiger partial charge in [0.25, 0.3) is 0 Å². The zero-order valence-corrected chi connectivity index (χ0v) is 12.5. The van der Waals surface area contributed by atoms with Crippen LogP contribution in [0.2, 0.25) is 5.02 Å². The lowest BCUT2D eigenvalue weighted by molar-refractivity contribution is 0.296. The Morgan fingerprint density at radius 3 is 2.57 bits per heavy atom. The van der Waals surface area contributed by atoms with Crippen LogP contribution < -0.4 is 15.2 Å². The highest BCUT2D eigenvalue weighted by atomic mass is 35.5. The molecule has 0 bridgehead atoms. The van der Waals surface area contributed by atoms with Gasteiger partial charge in [0, 0.05) is 16.1 Å². The molecule has 0 fully saturated rings. The molecule has 2 N–H and O–H groups in total. The third-order valence-corrected chi connectivity index (χ3v) is 3.06. The van der Waals surface area contributed by atoms with Crippen LogP contribution in [-0.4, -0.2) is 13.7 Å². The molecule has 0 aliphatic carbocycles. The molecule has 4 heteroatoms. The van der Waals surface area contributed by atoms with Crippen LogP contribution >= 0.6 is 11.6 Å². The van der Waals surface area contributed by atoms with Gasteiger partial charge in [-0.15, -0.1) is 0 Å². The summed E-state index contributed by atoms with van der Waals surface area (Å²) in [6.07, 6.45) is 0. The van der Waals surface area contributed by atoms with Crippen LogP contribution in [0.3, 0.4) is 0 Å². The molecule has 0 unspecified atom stereocenters. The molecule has 0 aliphatic heterocycles. The van der Waals surface area contributed by atoms with Gasteiger partial charge in [0.15, 0.2) is 0 Å². The first-order valence-corrected chi connectivity index (χ1v) is 6.85. The minimum Gasteiger partial charge on any atom is -0.496 e. The third kappa shape index (κ3) is 4.42. The number of methoxy groups -OCH3 is 1. The maximum absolute atomic E-state index is 5.99. The fraction of sp³-hybridized carbons (Fsp3) is 0.176. The molecule has 2 rings (SSSR count). The third-order valence-electron chi connectivity index (χ3n) is 2.83. The van der Waals surface area contributed by atoms with E-state index in [0.29, 0.717) is 18.2 Å². The van der Waals surface area contributed by atoms with Crippen LogP contribution in [0, 0.1) is 11.8 Å². The van der Waals surface area contributed by atoms with Crippen molar-refractivity contribution < 1.29 is 9.47 Å². The van der Waals surface area contributed by atoms with Gasteiger partial charge in [0.2, 0.25) is 0 Å². The summed E-state index contributed by atoms with van der Waals surface area (Å²) in [7, 11) is 1.62. The van der Waals surface area contributed by atoms with Crippen LogP contribution in [0.25, 0.3) is 0 Å². The van der Waals surface area contributed by atoms with Crippen molar-refractivity contribution in [3.8, 4) is 23.3 Å². The highest BCUT2D eigenvalue weighted by molar-refractivity contribution is 6.30. The lowest BCUT2D eigenvalue weighted by Gasteiger charge is -2.10. The molecule has 0 saturated heterocycles. The van der Waals surface area contributed by atoms with Gasteiger partial charge in [-0.05, 0) is 42.5 Å². The van der Waals surface area contributed by atoms with Crippen molar-refractivity contribution in [2.24, 2.45) is 5.73 Å². The topological polar surface area (TPSA) is 44.5 Å². The van der Waals surface area contributed by atoms with Crippen LogP contribution in [0.1, 0.15) is 11.1 Å². The quantitative estimate of drug-likeness (QED) is 0.882. The molecule has 108 valence electrons. The van der Waals surface area contributed by atoms with Gasteiger partial charge in [0.1, 0.15) is 18.1 Å². The first-order chi connectivity index (χ1) is 10.2. The van der Waals surface area contributed by atoms with Crippen LogP contribution in [0.15, 0.2) is 42.5 Å². The number of halogens is 1. The maximum atomic E-state index is 5.99. The Hall–Kier alpha value is -2.15. The fourth-order valence-corrected chi connectivity index (χ4v) is 2.00. The number of benzene rings is 2. The molecule has 2 aromatic rings. The maximum Gasteiger partial charge on any atom is 0.125 e. The molecule has 0 aliphatic rings. The van der Waals surface area contributed by atoms with Gasteiger partial charge in [0.05, 0.1) is 13.7 Å². The molecular formula is C17H16ClNO2. The van der Waals surface area contributed by atoms with Crippen molar-refractivity contribution in [3.63, 3.8) is 0 Å². The zero-order valence-electron chi connectivity index (χ0n) is 11.7. The number of rotatable bonds is 4. The van der Waals surface area contributed by atoms with Crippen molar-refractivity contribution in [1.29, 1.82) is 0 Å². The van der Waals surface area contributed by atoms with Crippen LogP contribution in [-0.2, 0) is 6.61 Å². The molecule has 3 nitrogen and oxygen atoms in total. The van der Waals surface area contributed by atoms with Gasteiger partial charge in [-0.25, -0.2) is 0 Å². The predicted molar refractivity (Wildman–Crippen MR) is 84.7 cm³/mol. The number of ether oxygens (including phenoxy) is 2. The van der Waals surface area contributed by atoms with E-state index >= 15 is 0 Å². The minimum absolute atomic E-state index is 0.354. The Balaban J connectivity index is 2.04. The summed E-state index contributed by atoms with van der Waals surface area (Å²) in [5, 5.41) is 0.654. The highest BCUT2D eigenvalue weighted by Gasteiger charge is 2.05. The Labute approximate surface area is 129 Å². The first kappa shape index (κ1) is 15.2. The van der Waals surface area contributed by atoms with Crippen molar-refractivity contribution >= 4 is 11.6 Å². The van der Waals surface area contributed by atoms with E-state index in [1.54, 1.807) is 13.2 Å². The highest BCUT2D eigenvalue weighted by Crippen LogP contribution is 2.24. The van der Waals surface area contributed by atoms with Crippen molar-refractivity contribution in [2.75, 3.05) is 13.7 Å². The van der Waals surface area contributed by atoms with E-state index in [1.807, 2.05) is 36.4 Å². The SMILES string of the molecule is COc1ccc(Cl)cc1COc1ccc(C#CCN)cc1. The molecule has 0 aromatic heterocycles. The molecule has 2 aromatic carbocycles. The predicted octanol–water partition coefficient (Wildman–Crippen LogP) is 3.24. The summed E-state index contributed by atoms with van der Waals surface area (Å²) in [5.74, 6) is 7.29. The molecule has 0 atom stereocenters. The van der Waals surface area contributed by atoms with E-state index in [-0.39, 0.29) is 0 Å². The van der Waals surface area contributed by atoms with Gasteiger partial charge in [-0.3, -0.25) is 0 Å². The lowest BCUT2D eigenvalue weighted by atomic mass is 10.2. The first-order valence-electron chi connectivity index (χ1n) is 6.47. The Bertz CT molecular complexity index is 657. The molecule has 0 spiro atoms. The average molecular weight is 302 g/mol. The lowest BCUT2D eigenvalue weighted by Crippen LogP contribution is -1.98. The molecule has 0 radical (unpaired) electrons. The number of nitrogens with two attached hydrogens (primary N) is 1. The van der Waals surface area contributed by atoms with Crippen molar-refractivity contribution in [2.45, 2.75) is 6.61 Å². The zero-order chi connectivity index (χ0) is 15.1. The van der Waals surface area contributed by atoms with Gasteiger partial charge < -0.3 is 15.2 Å². The number of hydrogen-bond acceptors (Lipinski definition) is 3. The minimum atomic E-state index is 0.354. The second-order valence-electron chi connectivity index (χ2n) is 4.28. The van der Waals surface area contributed by atoms with E-state index in [4.69, 9.17) is 26.8 Å². The Kier molecular flexibility index (Phi) is 5.51. The van der Waals surface area contributed by atoms with E-state index in [2.05, 4.69) is 11.8 Å². The molecule has 0 saturated carbocycles.